The Morgan fingerprint density at radius 3 is 3.11 bits per heavy atom. The van der Waals surface area contributed by atoms with Crippen LogP contribution in [0.4, 0.5) is 5.69 Å². The van der Waals surface area contributed by atoms with E-state index in [0.29, 0.717) is 12.0 Å². The fourth-order valence-corrected chi connectivity index (χ4v) is 3.15. The van der Waals surface area contributed by atoms with E-state index >= 15 is 0 Å². The molecule has 1 N–H and O–H groups in total. The van der Waals surface area contributed by atoms with Crippen molar-refractivity contribution in [2.24, 2.45) is 0 Å². The minimum Gasteiger partial charge on any atom is -0.384 e. The molecule has 3 nitrogen and oxygen atoms in total. The fraction of sp³-hybridized carbons (Fsp3) is 0.600. The molecule has 3 heteroatoms. The number of hydrogen-bond donors (Lipinski definition) is 1. The highest BCUT2D eigenvalue weighted by Crippen LogP contribution is 2.33. The molecule has 0 amide bonds. The average molecular weight is 246 g/mol. The molecule has 1 saturated heterocycles. The smallest absolute Gasteiger partial charge is 0.0710 e. The highest BCUT2D eigenvalue weighted by Gasteiger charge is 2.25. The molecule has 2 heterocycles. The van der Waals surface area contributed by atoms with Gasteiger partial charge in [-0.1, -0.05) is 18.2 Å². The summed E-state index contributed by atoms with van der Waals surface area (Å²) >= 11 is 0. The van der Waals surface area contributed by atoms with Gasteiger partial charge in [0.05, 0.1) is 6.10 Å². The van der Waals surface area contributed by atoms with Gasteiger partial charge in [-0.2, -0.15) is 0 Å². The number of likely N-dealkylation sites (tertiary alicyclic amines) is 1. The summed E-state index contributed by atoms with van der Waals surface area (Å²) in [6.07, 6.45) is 2.90. The van der Waals surface area contributed by atoms with Gasteiger partial charge in [0.15, 0.2) is 0 Å². The Bertz CT molecular complexity index is 407. The van der Waals surface area contributed by atoms with E-state index in [1.165, 1.54) is 37.2 Å². The van der Waals surface area contributed by atoms with E-state index in [1.54, 1.807) is 0 Å². The second-order valence-corrected chi connectivity index (χ2v) is 5.40. The Morgan fingerprint density at radius 1 is 1.39 bits per heavy atom. The first-order chi connectivity index (χ1) is 8.86. The minimum absolute atomic E-state index is 0.457. The van der Waals surface area contributed by atoms with Gasteiger partial charge in [-0.25, -0.2) is 0 Å². The van der Waals surface area contributed by atoms with E-state index in [4.69, 9.17) is 4.74 Å². The first-order valence-corrected chi connectivity index (χ1v) is 6.95. The van der Waals surface area contributed by atoms with Gasteiger partial charge in [-0.3, -0.25) is 0 Å². The standard InChI is InChI=1S/C15H22N2O/c1-18-13-7-9-17(11-13)8-6-12-10-16-15-5-3-2-4-14(12)15/h2-5,12-13,16H,6-11H2,1H3. The highest BCUT2D eigenvalue weighted by atomic mass is 16.5. The first kappa shape index (κ1) is 12.0. The maximum atomic E-state index is 5.42. The number of benzene rings is 1. The van der Waals surface area contributed by atoms with Crippen LogP contribution in [-0.2, 0) is 4.74 Å². The van der Waals surface area contributed by atoms with Crippen molar-refractivity contribution in [1.82, 2.24) is 4.90 Å². The number of anilines is 1. The molecule has 3 rings (SSSR count). The Morgan fingerprint density at radius 2 is 2.28 bits per heavy atom. The summed E-state index contributed by atoms with van der Waals surface area (Å²) in [5.41, 5.74) is 2.83. The lowest BCUT2D eigenvalue weighted by Crippen LogP contribution is -2.25. The van der Waals surface area contributed by atoms with Crippen molar-refractivity contribution in [3.8, 4) is 0 Å². The Labute approximate surface area is 109 Å². The van der Waals surface area contributed by atoms with E-state index in [1.807, 2.05) is 7.11 Å². The van der Waals surface area contributed by atoms with Crippen LogP contribution in [0.15, 0.2) is 24.3 Å². The van der Waals surface area contributed by atoms with Gasteiger partial charge < -0.3 is 15.0 Å². The van der Waals surface area contributed by atoms with Crippen molar-refractivity contribution in [1.29, 1.82) is 0 Å². The van der Waals surface area contributed by atoms with E-state index in [9.17, 15) is 0 Å². The molecule has 2 atom stereocenters. The molecular formula is C15H22N2O. The van der Waals surface area contributed by atoms with E-state index in [-0.39, 0.29) is 0 Å². The van der Waals surface area contributed by atoms with E-state index in [2.05, 4.69) is 34.5 Å². The molecule has 0 aliphatic carbocycles. The zero-order valence-corrected chi connectivity index (χ0v) is 11.1. The Hall–Kier alpha value is -1.06. The quantitative estimate of drug-likeness (QED) is 0.882. The molecule has 0 aromatic heterocycles. The lowest BCUT2D eigenvalue weighted by molar-refractivity contribution is 0.108. The van der Waals surface area contributed by atoms with Gasteiger partial charge in [0.25, 0.3) is 0 Å². The summed E-state index contributed by atoms with van der Waals surface area (Å²) < 4.78 is 5.42. The van der Waals surface area contributed by atoms with Crippen molar-refractivity contribution in [2.75, 3.05) is 38.6 Å². The number of methoxy groups -OCH3 is 1. The number of fused-ring (bicyclic) bond motifs is 1. The molecule has 98 valence electrons. The lowest BCUT2D eigenvalue weighted by atomic mass is 9.98. The zero-order chi connectivity index (χ0) is 12.4. The molecule has 1 aromatic rings. The molecule has 0 saturated carbocycles. The molecule has 0 spiro atoms. The van der Waals surface area contributed by atoms with Crippen molar-refractivity contribution < 1.29 is 4.74 Å². The number of para-hydroxylation sites is 1. The second kappa shape index (κ2) is 5.29. The van der Waals surface area contributed by atoms with Gasteiger partial charge in [0.2, 0.25) is 0 Å². The van der Waals surface area contributed by atoms with E-state index in [0.717, 1.165) is 13.1 Å². The molecule has 2 unspecified atom stereocenters. The predicted octanol–water partition coefficient (Wildman–Crippen LogP) is 2.31. The molecule has 0 bridgehead atoms. The van der Waals surface area contributed by atoms with Crippen LogP contribution in [0.3, 0.4) is 0 Å². The average Bonchev–Trinajstić information content (AvgIpc) is 3.03. The topological polar surface area (TPSA) is 24.5 Å². The lowest BCUT2D eigenvalue weighted by Gasteiger charge is -2.18. The molecule has 2 aliphatic heterocycles. The van der Waals surface area contributed by atoms with Crippen molar-refractivity contribution in [3.63, 3.8) is 0 Å². The van der Waals surface area contributed by atoms with Crippen molar-refractivity contribution in [2.45, 2.75) is 24.9 Å². The Kier molecular flexibility index (Phi) is 3.52. The number of nitrogens with one attached hydrogen (secondary N) is 1. The van der Waals surface area contributed by atoms with Crippen molar-refractivity contribution >= 4 is 5.69 Å². The van der Waals surface area contributed by atoms with Crippen LogP contribution in [0.2, 0.25) is 0 Å². The highest BCUT2D eigenvalue weighted by molar-refractivity contribution is 5.57. The number of rotatable bonds is 4. The maximum absolute atomic E-state index is 5.42. The van der Waals surface area contributed by atoms with Crippen LogP contribution in [0, 0.1) is 0 Å². The summed E-state index contributed by atoms with van der Waals surface area (Å²) in [6.45, 7) is 4.60. The van der Waals surface area contributed by atoms with Crippen LogP contribution >= 0.6 is 0 Å². The van der Waals surface area contributed by atoms with Crippen molar-refractivity contribution in [3.05, 3.63) is 29.8 Å². The normalized spacial score (nSPS) is 27.2. The largest absolute Gasteiger partial charge is 0.384 e. The summed E-state index contributed by atoms with van der Waals surface area (Å²) in [4.78, 5) is 2.54. The van der Waals surface area contributed by atoms with Crippen LogP contribution in [0.25, 0.3) is 0 Å². The summed E-state index contributed by atoms with van der Waals surface area (Å²) in [7, 11) is 1.82. The number of nitrogens with zero attached hydrogens (tertiary/aromatic N) is 1. The third kappa shape index (κ3) is 2.38. The second-order valence-electron chi connectivity index (χ2n) is 5.40. The molecular weight excluding hydrogens is 224 g/mol. The molecule has 1 aromatic carbocycles. The third-order valence-corrected chi connectivity index (χ3v) is 4.30. The van der Waals surface area contributed by atoms with Crippen LogP contribution in [0.5, 0.6) is 0 Å². The SMILES string of the molecule is COC1CCN(CCC2CNc3ccccc32)C1. The molecule has 18 heavy (non-hydrogen) atoms. The summed E-state index contributed by atoms with van der Waals surface area (Å²) in [5.74, 6) is 0.683. The maximum Gasteiger partial charge on any atom is 0.0710 e. The van der Waals surface area contributed by atoms with E-state index < -0.39 is 0 Å². The first-order valence-electron chi connectivity index (χ1n) is 6.95. The molecule has 2 aliphatic rings. The summed E-state index contributed by atoms with van der Waals surface area (Å²) in [6, 6.07) is 8.71. The van der Waals surface area contributed by atoms with Gasteiger partial charge in [-0.05, 0) is 31.0 Å². The summed E-state index contributed by atoms with van der Waals surface area (Å²) in [5, 5.41) is 3.50. The van der Waals surface area contributed by atoms with Gasteiger partial charge in [-0.15, -0.1) is 0 Å². The van der Waals surface area contributed by atoms with Crippen LogP contribution in [-0.4, -0.2) is 44.3 Å². The molecule has 1 fully saturated rings. The van der Waals surface area contributed by atoms with Gasteiger partial charge >= 0.3 is 0 Å². The van der Waals surface area contributed by atoms with Crippen LogP contribution in [0.1, 0.15) is 24.3 Å². The predicted molar refractivity (Wildman–Crippen MR) is 74.1 cm³/mol. The fourth-order valence-electron chi connectivity index (χ4n) is 3.15. The molecule has 0 radical (unpaired) electrons. The van der Waals surface area contributed by atoms with Crippen LogP contribution < -0.4 is 5.32 Å². The zero-order valence-electron chi connectivity index (χ0n) is 11.1. The Balaban J connectivity index is 1.53. The minimum atomic E-state index is 0.457. The monoisotopic (exact) mass is 246 g/mol. The third-order valence-electron chi connectivity index (χ3n) is 4.30. The van der Waals surface area contributed by atoms with Gasteiger partial charge in [0, 0.05) is 38.3 Å². The van der Waals surface area contributed by atoms with Gasteiger partial charge in [0.1, 0.15) is 0 Å². The number of ether oxygens (including phenoxy) is 1. The number of hydrogen-bond acceptors (Lipinski definition) is 3.